The topological polar surface area (TPSA) is 94.1 Å². The van der Waals surface area contributed by atoms with Gasteiger partial charge in [-0.1, -0.05) is 12.1 Å². The molecule has 0 radical (unpaired) electrons. The van der Waals surface area contributed by atoms with Crippen molar-refractivity contribution < 1.29 is 37.7 Å². The maximum Gasteiger partial charge on any atom is 0.387 e. The van der Waals surface area contributed by atoms with Gasteiger partial charge in [-0.2, -0.15) is 8.78 Å². The van der Waals surface area contributed by atoms with Crippen molar-refractivity contribution in [3.63, 3.8) is 0 Å². The third-order valence-electron chi connectivity index (χ3n) is 3.86. The zero-order chi connectivity index (χ0) is 20.7. The first kappa shape index (κ1) is 20.9. The molecule has 0 aromatic heterocycles. The summed E-state index contributed by atoms with van der Waals surface area (Å²) in [6, 6.07) is 8.64. The molecule has 0 aliphatic heterocycles. The number of alkyl halides is 2. The van der Waals surface area contributed by atoms with Crippen LogP contribution in [0.5, 0.6) is 17.2 Å². The summed E-state index contributed by atoms with van der Waals surface area (Å²) in [5, 5.41) is 11.6. The molecular formula is C19H19F2NO6. The average Bonchev–Trinajstić information content (AvgIpc) is 2.67. The van der Waals surface area contributed by atoms with Gasteiger partial charge in [0.15, 0.2) is 11.5 Å². The lowest BCUT2D eigenvalue weighted by Gasteiger charge is -2.14. The van der Waals surface area contributed by atoms with Crippen molar-refractivity contribution in [1.82, 2.24) is 5.32 Å². The fourth-order valence-electron chi connectivity index (χ4n) is 2.56. The van der Waals surface area contributed by atoms with E-state index < -0.39 is 18.5 Å². The van der Waals surface area contributed by atoms with Crippen molar-refractivity contribution >= 4 is 11.9 Å². The summed E-state index contributed by atoms with van der Waals surface area (Å²) in [6.45, 7) is -2.95. The Kier molecular flexibility index (Phi) is 7.14. The Bertz CT molecular complexity index is 856. The lowest BCUT2D eigenvalue weighted by atomic mass is 10.1. The van der Waals surface area contributed by atoms with E-state index in [1.807, 2.05) is 0 Å². The van der Waals surface area contributed by atoms with Crippen LogP contribution in [-0.4, -0.2) is 44.4 Å². The molecule has 28 heavy (non-hydrogen) atoms. The van der Waals surface area contributed by atoms with Gasteiger partial charge in [-0.05, 0) is 36.2 Å². The molecule has 0 saturated carbocycles. The molecule has 1 amide bonds. The molecule has 0 spiro atoms. The number of carboxylic acids is 1. The van der Waals surface area contributed by atoms with E-state index in [1.165, 1.54) is 44.6 Å². The van der Waals surface area contributed by atoms with Crippen LogP contribution >= 0.6 is 0 Å². The van der Waals surface area contributed by atoms with Gasteiger partial charge in [0.05, 0.1) is 25.3 Å². The second-order valence-corrected chi connectivity index (χ2v) is 5.55. The van der Waals surface area contributed by atoms with Gasteiger partial charge in [0, 0.05) is 6.54 Å². The molecule has 0 bridgehead atoms. The van der Waals surface area contributed by atoms with Crippen LogP contribution in [0.4, 0.5) is 8.78 Å². The SMILES string of the molecule is COc1cc(C(=O)O)ccc1CCNC(=O)c1cccc(OC)c1OC(F)F. The summed E-state index contributed by atoms with van der Waals surface area (Å²) >= 11 is 0. The highest BCUT2D eigenvalue weighted by atomic mass is 19.3. The van der Waals surface area contributed by atoms with Gasteiger partial charge in [0.2, 0.25) is 0 Å². The van der Waals surface area contributed by atoms with Gasteiger partial charge in [-0.3, -0.25) is 4.79 Å². The van der Waals surface area contributed by atoms with Gasteiger partial charge >= 0.3 is 12.6 Å². The van der Waals surface area contributed by atoms with E-state index >= 15 is 0 Å². The normalized spacial score (nSPS) is 10.5. The van der Waals surface area contributed by atoms with Crippen molar-refractivity contribution in [3.8, 4) is 17.2 Å². The first-order valence-corrected chi connectivity index (χ1v) is 8.17. The number of rotatable bonds is 9. The van der Waals surface area contributed by atoms with Gasteiger partial charge in [-0.25, -0.2) is 4.79 Å². The lowest BCUT2D eigenvalue weighted by Crippen LogP contribution is -2.26. The summed E-state index contributed by atoms with van der Waals surface area (Å²) in [7, 11) is 2.69. The van der Waals surface area contributed by atoms with Crippen molar-refractivity contribution in [2.24, 2.45) is 0 Å². The van der Waals surface area contributed by atoms with Crippen LogP contribution in [0.1, 0.15) is 26.3 Å². The number of nitrogens with one attached hydrogen (secondary N) is 1. The van der Waals surface area contributed by atoms with Crippen molar-refractivity contribution in [2.75, 3.05) is 20.8 Å². The van der Waals surface area contributed by atoms with Gasteiger partial charge in [-0.15, -0.1) is 0 Å². The highest BCUT2D eigenvalue weighted by molar-refractivity contribution is 5.97. The van der Waals surface area contributed by atoms with Gasteiger partial charge in [0.25, 0.3) is 5.91 Å². The van der Waals surface area contributed by atoms with Crippen LogP contribution in [0, 0.1) is 0 Å². The number of hydrogen-bond acceptors (Lipinski definition) is 5. The van der Waals surface area contributed by atoms with Crippen molar-refractivity contribution in [3.05, 3.63) is 53.1 Å². The molecule has 2 aromatic carbocycles. The second-order valence-electron chi connectivity index (χ2n) is 5.55. The van der Waals surface area contributed by atoms with E-state index in [0.29, 0.717) is 17.7 Å². The zero-order valence-corrected chi connectivity index (χ0v) is 15.2. The molecule has 0 aliphatic carbocycles. The Morgan fingerprint density at radius 2 is 1.82 bits per heavy atom. The standard InChI is InChI=1S/C19H19F2NO6/c1-26-14-5-3-4-13(16(14)28-19(20)21)17(23)22-9-8-11-6-7-12(18(24)25)10-15(11)27-2/h3-7,10,19H,8-9H2,1-2H3,(H,22,23)(H,24,25). The number of carbonyl (C=O) groups is 2. The Morgan fingerprint density at radius 1 is 1.11 bits per heavy atom. The number of carboxylic acid groups (broad SMARTS) is 1. The van der Waals surface area contributed by atoms with E-state index in [-0.39, 0.29) is 29.2 Å². The minimum absolute atomic E-state index is 0.0129. The van der Waals surface area contributed by atoms with Crippen LogP contribution in [0.15, 0.2) is 36.4 Å². The lowest BCUT2D eigenvalue weighted by molar-refractivity contribution is -0.0515. The van der Waals surface area contributed by atoms with E-state index in [9.17, 15) is 18.4 Å². The molecule has 0 heterocycles. The van der Waals surface area contributed by atoms with E-state index in [4.69, 9.17) is 14.6 Å². The Morgan fingerprint density at radius 3 is 2.43 bits per heavy atom. The highest BCUT2D eigenvalue weighted by Crippen LogP contribution is 2.32. The number of methoxy groups -OCH3 is 2. The minimum atomic E-state index is -3.11. The molecule has 7 nitrogen and oxygen atoms in total. The summed E-state index contributed by atoms with van der Waals surface area (Å²) in [5.74, 6) is -1.66. The molecule has 9 heteroatoms. The monoisotopic (exact) mass is 395 g/mol. The maximum absolute atomic E-state index is 12.7. The number of ether oxygens (including phenoxy) is 3. The maximum atomic E-state index is 12.7. The average molecular weight is 395 g/mol. The zero-order valence-electron chi connectivity index (χ0n) is 15.2. The Hall–Kier alpha value is -3.36. The smallest absolute Gasteiger partial charge is 0.387 e. The molecule has 2 N–H and O–H groups in total. The third kappa shape index (κ3) is 5.09. The molecule has 2 rings (SSSR count). The highest BCUT2D eigenvalue weighted by Gasteiger charge is 2.20. The number of aromatic carboxylic acids is 1. The molecule has 0 unspecified atom stereocenters. The number of amides is 1. The largest absolute Gasteiger partial charge is 0.496 e. The Balaban J connectivity index is 2.10. The molecule has 0 aliphatic rings. The summed E-state index contributed by atoms with van der Waals surface area (Å²) in [6.07, 6.45) is 0.337. The summed E-state index contributed by atoms with van der Waals surface area (Å²) in [4.78, 5) is 23.4. The van der Waals surface area contributed by atoms with Crippen molar-refractivity contribution in [1.29, 1.82) is 0 Å². The predicted octanol–water partition coefficient (Wildman–Crippen LogP) is 2.98. The van der Waals surface area contributed by atoms with Crippen LogP contribution in [0.25, 0.3) is 0 Å². The number of halogens is 2. The van der Waals surface area contributed by atoms with Crippen LogP contribution in [0.3, 0.4) is 0 Å². The van der Waals surface area contributed by atoms with E-state index in [0.717, 1.165) is 0 Å². The molecule has 0 saturated heterocycles. The van der Waals surface area contributed by atoms with Gasteiger partial charge in [0.1, 0.15) is 5.75 Å². The molecule has 0 fully saturated rings. The van der Waals surface area contributed by atoms with Crippen LogP contribution in [-0.2, 0) is 6.42 Å². The number of benzene rings is 2. The molecule has 2 aromatic rings. The molecule has 150 valence electrons. The summed E-state index contributed by atoms with van der Waals surface area (Å²) in [5.41, 5.74) is 0.671. The minimum Gasteiger partial charge on any atom is -0.496 e. The number of carbonyl (C=O) groups excluding carboxylic acids is 1. The number of hydrogen-bond donors (Lipinski definition) is 2. The summed E-state index contributed by atoms with van der Waals surface area (Å²) < 4.78 is 39.9. The predicted molar refractivity (Wildman–Crippen MR) is 95.6 cm³/mol. The first-order valence-electron chi connectivity index (χ1n) is 8.17. The first-order chi connectivity index (χ1) is 13.4. The third-order valence-corrected chi connectivity index (χ3v) is 3.86. The van der Waals surface area contributed by atoms with Gasteiger partial charge < -0.3 is 24.6 Å². The second kappa shape index (κ2) is 9.54. The molecular weight excluding hydrogens is 376 g/mol. The molecule has 0 atom stereocenters. The Labute approximate surface area is 159 Å². The van der Waals surface area contributed by atoms with E-state index in [2.05, 4.69) is 10.1 Å². The van der Waals surface area contributed by atoms with Crippen LogP contribution in [0.2, 0.25) is 0 Å². The quantitative estimate of drug-likeness (QED) is 0.678. The fraction of sp³-hybridized carbons (Fsp3) is 0.263. The van der Waals surface area contributed by atoms with Crippen LogP contribution < -0.4 is 19.5 Å². The fourth-order valence-corrected chi connectivity index (χ4v) is 2.56. The van der Waals surface area contributed by atoms with Crippen molar-refractivity contribution in [2.45, 2.75) is 13.0 Å². The number of para-hydroxylation sites is 1. The van der Waals surface area contributed by atoms with E-state index in [1.54, 1.807) is 6.07 Å².